The minimum atomic E-state index is -0.219. The fraction of sp³-hybridized carbons (Fsp3) is 0.222. The second-order valence-electron chi connectivity index (χ2n) is 5.52. The van der Waals surface area contributed by atoms with Gasteiger partial charge < -0.3 is 15.4 Å². The molecular weight excluding hydrogens is 372 g/mol. The second-order valence-corrected chi connectivity index (χ2v) is 6.44. The zero-order valence-electron chi connectivity index (χ0n) is 13.7. The molecule has 2 rings (SSSR count). The van der Waals surface area contributed by atoms with E-state index in [1.165, 1.54) is 7.11 Å². The Kier molecular flexibility index (Phi) is 5.98. The van der Waals surface area contributed by atoms with Crippen molar-refractivity contribution in [3.63, 3.8) is 0 Å². The van der Waals surface area contributed by atoms with Crippen molar-refractivity contribution in [3.05, 3.63) is 52.5 Å². The first-order valence-electron chi connectivity index (χ1n) is 7.46. The molecule has 0 aliphatic rings. The summed E-state index contributed by atoms with van der Waals surface area (Å²) in [6.45, 7) is 3.63. The summed E-state index contributed by atoms with van der Waals surface area (Å²) in [7, 11) is 1.51. The number of rotatable bonds is 5. The summed E-state index contributed by atoms with van der Waals surface area (Å²) in [6.07, 6.45) is 0. The van der Waals surface area contributed by atoms with Gasteiger partial charge in [0.1, 0.15) is 5.75 Å². The third-order valence-electron chi connectivity index (χ3n) is 3.35. The van der Waals surface area contributed by atoms with E-state index in [1.54, 1.807) is 42.5 Å². The zero-order valence-corrected chi connectivity index (χ0v) is 15.3. The molecule has 0 aliphatic carbocycles. The maximum absolute atomic E-state index is 12.2. The Morgan fingerprint density at radius 1 is 1.04 bits per heavy atom. The van der Waals surface area contributed by atoms with Crippen molar-refractivity contribution >= 4 is 39.1 Å². The summed E-state index contributed by atoms with van der Waals surface area (Å²) in [6, 6.07) is 12.2. The molecule has 126 valence electrons. The fourth-order valence-corrected chi connectivity index (χ4v) is 2.22. The lowest BCUT2D eigenvalue weighted by Gasteiger charge is -2.14. The van der Waals surface area contributed by atoms with Gasteiger partial charge in [-0.25, -0.2) is 0 Å². The van der Waals surface area contributed by atoms with Crippen molar-refractivity contribution in [1.82, 2.24) is 0 Å². The molecule has 0 heterocycles. The van der Waals surface area contributed by atoms with Crippen LogP contribution in [0.15, 0.2) is 46.9 Å². The number of carbonyl (C=O) groups excluding carboxylic acids is 2. The number of nitrogens with one attached hydrogen (secondary N) is 2. The average molecular weight is 391 g/mol. The van der Waals surface area contributed by atoms with Crippen LogP contribution in [0.4, 0.5) is 11.4 Å². The van der Waals surface area contributed by atoms with Gasteiger partial charge in [-0.2, -0.15) is 0 Å². The topological polar surface area (TPSA) is 67.4 Å². The van der Waals surface area contributed by atoms with Gasteiger partial charge in [-0.3, -0.25) is 9.59 Å². The van der Waals surface area contributed by atoms with Gasteiger partial charge in [-0.05, 0) is 36.4 Å². The van der Waals surface area contributed by atoms with Gasteiger partial charge in [-0.1, -0.05) is 29.8 Å². The highest BCUT2D eigenvalue weighted by molar-refractivity contribution is 9.10. The number of hydrogen-bond donors (Lipinski definition) is 2. The molecule has 0 unspecified atom stereocenters. The van der Waals surface area contributed by atoms with Crippen LogP contribution < -0.4 is 15.4 Å². The zero-order chi connectivity index (χ0) is 17.7. The molecular formula is C18H19BrN2O3. The fourth-order valence-electron chi connectivity index (χ4n) is 1.95. The second kappa shape index (κ2) is 7.97. The number of halogens is 1. The predicted molar refractivity (Wildman–Crippen MR) is 98.6 cm³/mol. The Bertz CT molecular complexity index is 742. The van der Waals surface area contributed by atoms with E-state index in [0.29, 0.717) is 22.7 Å². The van der Waals surface area contributed by atoms with Gasteiger partial charge in [0.2, 0.25) is 5.91 Å². The Hall–Kier alpha value is -2.34. The smallest absolute Gasteiger partial charge is 0.255 e. The van der Waals surface area contributed by atoms with Gasteiger partial charge in [0.15, 0.2) is 0 Å². The molecule has 2 N–H and O–H groups in total. The van der Waals surface area contributed by atoms with E-state index in [1.807, 2.05) is 13.8 Å². The lowest BCUT2D eigenvalue weighted by atomic mass is 10.2. The van der Waals surface area contributed by atoms with Crippen molar-refractivity contribution in [2.45, 2.75) is 13.8 Å². The van der Waals surface area contributed by atoms with Crippen molar-refractivity contribution in [3.8, 4) is 5.75 Å². The molecule has 0 radical (unpaired) electrons. The van der Waals surface area contributed by atoms with E-state index in [9.17, 15) is 9.59 Å². The van der Waals surface area contributed by atoms with Crippen LogP contribution >= 0.6 is 15.9 Å². The first-order valence-corrected chi connectivity index (χ1v) is 8.26. The summed E-state index contributed by atoms with van der Waals surface area (Å²) < 4.78 is 6.21. The molecule has 0 saturated heterocycles. The SMILES string of the molecule is COc1cc(NC(=O)c2ccc(Br)cc2)ccc1NC(=O)C(C)C. The van der Waals surface area contributed by atoms with E-state index in [2.05, 4.69) is 26.6 Å². The first kappa shape index (κ1) is 18.0. The van der Waals surface area contributed by atoms with E-state index < -0.39 is 0 Å². The summed E-state index contributed by atoms with van der Waals surface area (Å²) in [4.78, 5) is 24.1. The number of amides is 2. The predicted octanol–water partition coefficient (Wildman–Crippen LogP) is 4.30. The molecule has 0 fully saturated rings. The third-order valence-corrected chi connectivity index (χ3v) is 3.88. The Morgan fingerprint density at radius 3 is 2.29 bits per heavy atom. The molecule has 0 aliphatic heterocycles. The van der Waals surface area contributed by atoms with Crippen molar-refractivity contribution in [2.24, 2.45) is 5.92 Å². The van der Waals surface area contributed by atoms with Crippen LogP contribution in [0.2, 0.25) is 0 Å². The van der Waals surface area contributed by atoms with Gasteiger partial charge in [-0.15, -0.1) is 0 Å². The normalized spacial score (nSPS) is 10.4. The maximum atomic E-state index is 12.2. The molecule has 6 heteroatoms. The molecule has 2 aromatic rings. The van der Waals surface area contributed by atoms with Crippen LogP contribution in [0.1, 0.15) is 24.2 Å². The van der Waals surface area contributed by atoms with Crippen LogP contribution in [-0.2, 0) is 4.79 Å². The Balaban J connectivity index is 2.15. The summed E-state index contributed by atoms with van der Waals surface area (Å²) in [5, 5.41) is 5.61. The number of carbonyl (C=O) groups is 2. The molecule has 2 amide bonds. The Labute approximate surface area is 149 Å². The van der Waals surface area contributed by atoms with Gasteiger partial charge in [0.05, 0.1) is 12.8 Å². The maximum Gasteiger partial charge on any atom is 0.255 e. The summed E-state index contributed by atoms with van der Waals surface area (Å²) >= 11 is 3.34. The lowest BCUT2D eigenvalue weighted by Crippen LogP contribution is -2.18. The van der Waals surface area contributed by atoms with Crippen molar-refractivity contribution in [1.29, 1.82) is 0 Å². The quantitative estimate of drug-likeness (QED) is 0.799. The molecule has 0 saturated carbocycles. The minimum Gasteiger partial charge on any atom is -0.494 e. The molecule has 0 bridgehead atoms. The van der Waals surface area contributed by atoms with Crippen LogP contribution in [0, 0.1) is 5.92 Å². The highest BCUT2D eigenvalue weighted by atomic mass is 79.9. The van der Waals surface area contributed by atoms with Crippen molar-refractivity contribution in [2.75, 3.05) is 17.7 Å². The first-order chi connectivity index (χ1) is 11.4. The number of methoxy groups -OCH3 is 1. The van der Waals surface area contributed by atoms with E-state index in [-0.39, 0.29) is 17.7 Å². The van der Waals surface area contributed by atoms with Crippen LogP contribution in [0.5, 0.6) is 5.75 Å². The van der Waals surface area contributed by atoms with Gasteiger partial charge >= 0.3 is 0 Å². The average Bonchev–Trinajstić information content (AvgIpc) is 2.56. The number of anilines is 2. The molecule has 24 heavy (non-hydrogen) atoms. The Morgan fingerprint density at radius 2 is 1.71 bits per heavy atom. The van der Waals surface area contributed by atoms with E-state index >= 15 is 0 Å². The highest BCUT2D eigenvalue weighted by Crippen LogP contribution is 2.28. The van der Waals surface area contributed by atoms with E-state index in [0.717, 1.165) is 4.47 Å². The molecule has 0 aromatic heterocycles. The van der Waals surface area contributed by atoms with Gasteiger partial charge in [0.25, 0.3) is 5.91 Å². The van der Waals surface area contributed by atoms with Crippen LogP contribution in [0.25, 0.3) is 0 Å². The van der Waals surface area contributed by atoms with Crippen LogP contribution in [-0.4, -0.2) is 18.9 Å². The number of hydrogen-bond acceptors (Lipinski definition) is 3. The summed E-state index contributed by atoms with van der Waals surface area (Å²) in [5.41, 5.74) is 1.70. The largest absolute Gasteiger partial charge is 0.494 e. The molecule has 0 spiro atoms. The van der Waals surface area contributed by atoms with E-state index in [4.69, 9.17) is 4.74 Å². The summed E-state index contributed by atoms with van der Waals surface area (Å²) in [5.74, 6) is 0.0348. The number of benzene rings is 2. The van der Waals surface area contributed by atoms with Gasteiger partial charge in [0, 0.05) is 27.7 Å². The lowest BCUT2D eigenvalue weighted by molar-refractivity contribution is -0.118. The standard InChI is InChI=1S/C18H19BrN2O3/c1-11(2)17(22)21-15-9-8-14(10-16(15)24-3)20-18(23)12-4-6-13(19)7-5-12/h4-11H,1-3H3,(H,20,23)(H,21,22). The minimum absolute atomic E-state index is 0.0973. The van der Waals surface area contributed by atoms with Crippen LogP contribution in [0.3, 0.4) is 0 Å². The number of ether oxygens (including phenoxy) is 1. The highest BCUT2D eigenvalue weighted by Gasteiger charge is 2.12. The van der Waals surface area contributed by atoms with Crippen molar-refractivity contribution < 1.29 is 14.3 Å². The molecule has 5 nitrogen and oxygen atoms in total. The molecule has 0 atom stereocenters. The monoisotopic (exact) mass is 390 g/mol. The third kappa shape index (κ3) is 4.58. The molecule has 2 aromatic carbocycles.